The van der Waals surface area contributed by atoms with Crippen molar-refractivity contribution in [2.24, 2.45) is 0 Å². The standard InChI is InChI=1S/C15H11N2O3S.BrH/c18-14(11-5-7-12(8-6-11)17(19)20)9-16-10-21-15-4-2-1-3-13(15)16;/h1-8,10H,9H2;1H/q+1;/p-1. The van der Waals surface area contributed by atoms with Crippen LogP contribution >= 0.6 is 11.3 Å². The molecule has 1 aromatic heterocycles. The van der Waals surface area contributed by atoms with Gasteiger partial charge in [-0.2, -0.15) is 4.57 Å². The first-order chi connectivity index (χ1) is 10.1. The first-order valence-electron chi connectivity index (χ1n) is 6.28. The predicted molar refractivity (Wildman–Crippen MR) is 79.4 cm³/mol. The summed E-state index contributed by atoms with van der Waals surface area (Å²) in [6.45, 7) is 0.224. The lowest BCUT2D eigenvalue weighted by Gasteiger charge is -1.97. The molecule has 0 aliphatic heterocycles. The van der Waals surface area contributed by atoms with Gasteiger partial charge in [-0.15, -0.1) is 0 Å². The van der Waals surface area contributed by atoms with Gasteiger partial charge in [0.25, 0.3) is 5.69 Å². The lowest BCUT2D eigenvalue weighted by Crippen LogP contribution is -3.00. The van der Waals surface area contributed by atoms with Crippen LogP contribution in [0.25, 0.3) is 10.2 Å². The van der Waals surface area contributed by atoms with Crippen LogP contribution in [0, 0.1) is 10.1 Å². The van der Waals surface area contributed by atoms with Crippen molar-refractivity contribution in [3.8, 4) is 0 Å². The Kier molecular flexibility index (Phi) is 4.99. The van der Waals surface area contributed by atoms with Crippen molar-refractivity contribution >= 4 is 33.0 Å². The van der Waals surface area contributed by atoms with E-state index in [4.69, 9.17) is 0 Å². The lowest BCUT2D eigenvalue weighted by molar-refractivity contribution is -0.652. The molecule has 0 amide bonds. The summed E-state index contributed by atoms with van der Waals surface area (Å²) in [5, 5.41) is 10.6. The highest BCUT2D eigenvalue weighted by Gasteiger charge is 2.17. The largest absolute Gasteiger partial charge is 1.00 e. The molecule has 0 atom stereocenters. The van der Waals surface area contributed by atoms with Gasteiger partial charge >= 0.3 is 0 Å². The number of ketones is 1. The molecule has 0 unspecified atom stereocenters. The molecule has 0 aliphatic carbocycles. The maximum Gasteiger partial charge on any atom is 0.269 e. The van der Waals surface area contributed by atoms with E-state index in [1.54, 1.807) is 11.3 Å². The van der Waals surface area contributed by atoms with Crippen molar-refractivity contribution in [1.29, 1.82) is 0 Å². The topological polar surface area (TPSA) is 64.1 Å². The average molecular weight is 379 g/mol. The molecule has 22 heavy (non-hydrogen) atoms. The minimum absolute atomic E-state index is 0. The van der Waals surface area contributed by atoms with Crippen LogP contribution < -0.4 is 21.5 Å². The van der Waals surface area contributed by atoms with Crippen LogP contribution in [0.5, 0.6) is 0 Å². The van der Waals surface area contributed by atoms with Crippen LogP contribution in [0.4, 0.5) is 5.69 Å². The van der Waals surface area contributed by atoms with Crippen LogP contribution in [0.2, 0.25) is 0 Å². The fraction of sp³-hybridized carbons (Fsp3) is 0.0667. The van der Waals surface area contributed by atoms with Gasteiger partial charge in [-0.05, 0) is 18.2 Å². The van der Waals surface area contributed by atoms with E-state index in [9.17, 15) is 14.9 Å². The fourth-order valence-corrected chi connectivity index (χ4v) is 3.00. The number of para-hydroxylation sites is 1. The molecule has 0 bridgehead atoms. The Morgan fingerprint density at radius 3 is 2.50 bits per heavy atom. The van der Waals surface area contributed by atoms with E-state index in [1.807, 2.05) is 34.3 Å². The minimum atomic E-state index is -0.477. The highest BCUT2D eigenvalue weighted by atomic mass is 79.9. The predicted octanol–water partition coefficient (Wildman–Crippen LogP) is -0.0161. The number of halogens is 1. The Hall–Kier alpha value is -2.12. The number of hydrogen-bond donors (Lipinski definition) is 0. The Labute approximate surface area is 140 Å². The first kappa shape index (κ1) is 16.3. The smallest absolute Gasteiger partial charge is 0.269 e. The van der Waals surface area contributed by atoms with E-state index >= 15 is 0 Å². The number of carbonyl (C=O) groups is 1. The van der Waals surface area contributed by atoms with Crippen molar-refractivity contribution in [2.45, 2.75) is 6.54 Å². The Morgan fingerprint density at radius 1 is 1.14 bits per heavy atom. The summed E-state index contributed by atoms with van der Waals surface area (Å²) in [7, 11) is 0. The molecule has 0 saturated heterocycles. The van der Waals surface area contributed by atoms with Gasteiger partial charge in [0.2, 0.25) is 23.4 Å². The highest BCUT2D eigenvalue weighted by Crippen LogP contribution is 2.16. The first-order valence-corrected chi connectivity index (χ1v) is 7.16. The molecule has 1 heterocycles. The number of thiazole rings is 1. The zero-order chi connectivity index (χ0) is 14.8. The average Bonchev–Trinajstić information content (AvgIpc) is 2.91. The minimum Gasteiger partial charge on any atom is -1.00 e. The van der Waals surface area contributed by atoms with E-state index in [0.29, 0.717) is 5.56 Å². The number of carbonyl (C=O) groups excluding carboxylic acids is 1. The third-order valence-electron chi connectivity index (χ3n) is 3.20. The van der Waals surface area contributed by atoms with Gasteiger partial charge in [-0.1, -0.05) is 23.5 Å². The maximum absolute atomic E-state index is 12.3. The number of rotatable bonds is 4. The summed E-state index contributed by atoms with van der Waals surface area (Å²) >= 11 is 1.58. The molecule has 3 aromatic rings. The van der Waals surface area contributed by atoms with Gasteiger partial charge < -0.3 is 17.0 Å². The normalized spacial score (nSPS) is 10.2. The number of nitro benzene ring substituents is 1. The molecule has 3 rings (SSSR count). The van der Waals surface area contributed by atoms with Gasteiger partial charge in [0.05, 0.1) is 4.92 Å². The second-order valence-corrected chi connectivity index (χ2v) is 5.43. The second kappa shape index (κ2) is 6.76. The van der Waals surface area contributed by atoms with Crippen molar-refractivity contribution in [3.05, 3.63) is 69.7 Å². The molecule has 0 spiro atoms. The second-order valence-electron chi connectivity index (χ2n) is 4.55. The van der Waals surface area contributed by atoms with E-state index in [1.165, 1.54) is 24.3 Å². The van der Waals surface area contributed by atoms with E-state index in [2.05, 4.69) is 0 Å². The van der Waals surface area contributed by atoms with Crippen LogP contribution in [-0.4, -0.2) is 10.7 Å². The molecular weight excluding hydrogens is 368 g/mol. The molecule has 0 aliphatic rings. The third-order valence-corrected chi connectivity index (χ3v) is 4.15. The van der Waals surface area contributed by atoms with Crippen LogP contribution in [0.15, 0.2) is 54.0 Å². The monoisotopic (exact) mass is 378 g/mol. The van der Waals surface area contributed by atoms with Crippen LogP contribution in [-0.2, 0) is 6.54 Å². The summed E-state index contributed by atoms with van der Waals surface area (Å²) in [5.41, 5.74) is 3.38. The molecule has 0 N–H and O–H groups in total. The van der Waals surface area contributed by atoms with Crippen molar-refractivity contribution in [2.75, 3.05) is 0 Å². The molecule has 0 radical (unpaired) electrons. The molecular formula is C15H11BrN2O3S. The number of hydrogen-bond acceptors (Lipinski definition) is 4. The highest BCUT2D eigenvalue weighted by molar-refractivity contribution is 7.16. The number of benzene rings is 2. The van der Waals surface area contributed by atoms with Gasteiger partial charge in [-0.3, -0.25) is 14.9 Å². The van der Waals surface area contributed by atoms with Crippen LogP contribution in [0.1, 0.15) is 10.4 Å². The van der Waals surface area contributed by atoms with Gasteiger partial charge in [0, 0.05) is 23.8 Å². The van der Waals surface area contributed by atoms with Crippen LogP contribution in [0.3, 0.4) is 0 Å². The number of fused-ring (bicyclic) bond motifs is 1. The number of aromatic nitrogens is 1. The maximum atomic E-state index is 12.3. The Balaban J connectivity index is 0.00000176. The molecule has 0 fully saturated rings. The zero-order valence-electron chi connectivity index (χ0n) is 11.3. The molecule has 7 heteroatoms. The lowest BCUT2D eigenvalue weighted by atomic mass is 10.1. The molecule has 112 valence electrons. The van der Waals surface area contributed by atoms with Gasteiger partial charge in [0.1, 0.15) is 4.70 Å². The van der Waals surface area contributed by atoms with E-state index < -0.39 is 4.92 Å². The Bertz CT molecular complexity index is 830. The fourth-order valence-electron chi connectivity index (χ4n) is 2.11. The van der Waals surface area contributed by atoms with Crippen molar-refractivity contribution in [3.63, 3.8) is 0 Å². The molecule has 0 saturated carbocycles. The quantitative estimate of drug-likeness (QED) is 0.277. The third kappa shape index (κ3) is 3.20. The van der Waals surface area contributed by atoms with E-state index in [0.717, 1.165) is 10.2 Å². The van der Waals surface area contributed by atoms with Crippen molar-refractivity contribution in [1.82, 2.24) is 0 Å². The number of non-ortho nitro benzene ring substituents is 1. The summed E-state index contributed by atoms with van der Waals surface area (Å²) in [4.78, 5) is 22.4. The summed E-state index contributed by atoms with van der Waals surface area (Å²) in [6.07, 6.45) is 0. The number of Topliss-reactive ketones (excluding diaryl/α,β-unsaturated/α-hetero) is 1. The van der Waals surface area contributed by atoms with E-state index in [-0.39, 0.29) is 35.0 Å². The van der Waals surface area contributed by atoms with Gasteiger partial charge in [0.15, 0.2) is 0 Å². The Morgan fingerprint density at radius 2 is 1.82 bits per heavy atom. The number of nitrogens with zero attached hydrogens (tertiary/aromatic N) is 2. The summed E-state index contributed by atoms with van der Waals surface area (Å²) < 4.78 is 3.01. The summed E-state index contributed by atoms with van der Waals surface area (Å²) in [6, 6.07) is 13.6. The van der Waals surface area contributed by atoms with Crippen molar-refractivity contribution < 1.29 is 31.3 Å². The summed E-state index contributed by atoms with van der Waals surface area (Å²) in [5.74, 6) is -0.0709. The number of nitro groups is 1. The molecule has 2 aromatic carbocycles. The SMILES string of the molecule is O=C(C[n+]1csc2ccccc21)c1ccc([N+](=O)[O-])cc1.[Br-]. The van der Waals surface area contributed by atoms with Gasteiger partial charge in [-0.25, -0.2) is 0 Å². The zero-order valence-corrected chi connectivity index (χ0v) is 13.7. The molecule has 5 nitrogen and oxygen atoms in total.